The number of hydrogen-bond donors (Lipinski definition) is 1. The summed E-state index contributed by atoms with van der Waals surface area (Å²) >= 11 is 0. The molecule has 2 atom stereocenters. The number of nitrogens with zero attached hydrogens (tertiary/aromatic N) is 1. The van der Waals surface area contributed by atoms with Gasteiger partial charge in [0.15, 0.2) is 5.78 Å². The summed E-state index contributed by atoms with van der Waals surface area (Å²) in [5, 5.41) is 11.8. The molecule has 0 saturated heterocycles. The third-order valence-electron chi connectivity index (χ3n) is 4.36. The maximum atomic E-state index is 13.1. The van der Waals surface area contributed by atoms with Crippen molar-refractivity contribution in [2.45, 2.75) is 32.4 Å². The van der Waals surface area contributed by atoms with Crippen molar-refractivity contribution >= 4 is 5.78 Å². The van der Waals surface area contributed by atoms with Crippen molar-refractivity contribution in [2.75, 3.05) is 14.2 Å². The van der Waals surface area contributed by atoms with E-state index in [0.29, 0.717) is 22.6 Å². The van der Waals surface area contributed by atoms with E-state index in [4.69, 9.17) is 9.47 Å². The third kappa shape index (κ3) is 4.38. The Balaban J connectivity index is 2.39. The molecule has 0 radical (unpaired) electrons. The average Bonchev–Trinajstić information content (AvgIpc) is 2.67. The first kappa shape index (κ1) is 19.0. The topological polar surface area (TPSA) is 59.0 Å². The predicted molar refractivity (Wildman–Crippen MR) is 96.4 cm³/mol. The molecule has 0 amide bonds. The van der Waals surface area contributed by atoms with Gasteiger partial charge in [0.2, 0.25) is 0 Å². The number of hydroxylamine groups is 2. The van der Waals surface area contributed by atoms with Crippen LogP contribution in [-0.4, -0.2) is 36.3 Å². The van der Waals surface area contributed by atoms with Crippen LogP contribution in [0.5, 0.6) is 11.5 Å². The molecule has 0 aliphatic rings. The Morgan fingerprint density at radius 3 is 1.92 bits per heavy atom. The smallest absolute Gasteiger partial charge is 0.186 e. The molecule has 0 fully saturated rings. The van der Waals surface area contributed by atoms with Gasteiger partial charge >= 0.3 is 0 Å². The summed E-state index contributed by atoms with van der Waals surface area (Å²) < 4.78 is 10.3. The summed E-state index contributed by atoms with van der Waals surface area (Å²) in [6.07, 6.45) is 0.721. The number of hydrogen-bond acceptors (Lipinski definition) is 5. The first-order valence-corrected chi connectivity index (χ1v) is 8.31. The van der Waals surface area contributed by atoms with Gasteiger partial charge in [-0.1, -0.05) is 19.1 Å². The normalized spacial score (nSPS) is 13.4. The maximum absolute atomic E-state index is 13.1. The lowest BCUT2D eigenvalue weighted by Gasteiger charge is -2.30. The first-order valence-electron chi connectivity index (χ1n) is 8.31. The number of carbonyl (C=O) groups excluding carboxylic acids is 1. The Kier molecular flexibility index (Phi) is 6.56. The van der Waals surface area contributed by atoms with Gasteiger partial charge in [0.25, 0.3) is 0 Å². The average molecular weight is 343 g/mol. The van der Waals surface area contributed by atoms with Crippen LogP contribution >= 0.6 is 0 Å². The Morgan fingerprint density at radius 1 is 1.00 bits per heavy atom. The number of ether oxygens (including phenoxy) is 2. The Morgan fingerprint density at radius 2 is 1.48 bits per heavy atom. The second-order valence-corrected chi connectivity index (χ2v) is 5.91. The summed E-state index contributed by atoms with van der Waals surface area (Å²) in [7, 11) is 3.17. The van der Waals surface area contributed by atoms with Gasteiger partial charge in [0, 0.05) is 11.6 Å². The fourth-order valence-corrected chi connectivity index (χ4v) is 2.57. The highest BCUT2D eigenvalue weighted by molar-refractivity contribution is 6.00. The first-order chi connectivity index (χ1) is 12.0. The van der Waals surface area contributed by atoms with Gasteiger partial charge in [-0.3, -0.25) is 4.79 Å². The quantitative estimate of drug-likeness (QED) is 0.577. The number of ketones is 1. The minimum Gasteiger partial charge on any atom is -0.497 e. The molecule has 0 aliphatic heterocycles. The predicted octanol–water partition coefficient (Wildman–Crippen LogP) is 4.12. The molecule has 0 bridgehead atoms. The SMILES string of the molecule is CCC(C)N(O)C(C(=O)c1ccc(OC)cc1)c1ccc(OC)cc1. The number of rotatable bonds is 8. The van der Waals surface area contributed by atoms with Crippen LogP contribution in [0.2, 0.25) is 0 Å². The fraction of sp³-hybridized carbons (Fsp3) is 0.350. The van der Waals surface area contributed by atoms with Gasteiger partial charge in [0.05, 0.1) is 14.2 Å². The van der Waals surface area contributed by atoms with Crippen LogP contribution in [0.3, 0.4) is 0 Å². The van der Waals surface area contributed by atoms with Crippen LogP contribution in [0.4, 0.5) is 0 Å². The lowest BCUT2D eigenvalue weighted by atomic mass is 9.95. The molecule has 0 spiro atoms. The molecule has 5 nitrogen and oxygen atoms in total. The standard InChI is InChI=1S/C20H25NO4/c1-5-14(2)21(23)19(15-6-10-17(24-3)11-7-15)20(22)16-8-12-18(25-4)13-9-16/h6-14,19,23H,5H2,1-4H3. The van der Waals surface area contributed by atoms with Gasteiger partial charge in [-0.2, -0.15) is 5.06 Å². The molecule has 0 heterocycles. The molecule has 2 aromatic carbocycles. The molecule has 0 saturated carbocycles. The highest BCUT2D eigenvalue weighted by Gasteiger charge is 2.30. The Bertz CT molecular complexity index is 682. The third-order valence-corrected chi connectivity index (χ3v) is 4.36. The summed E-state index contributed by atoms with van der Waals surface area (Å²) in [4.78, 5) is 13.1. The van der Waals surface area contributed by atoms with E-state index in [1.807, 2.05) is 13.8 Å². The van der Waals surface area contributed by atoms with Gasteiger partial charge in [-0.15, -0.1) is 0 Å². The zero-order chi connectivity index (χ0) is 18.4. The van der Waals surface area contributed by atoms with Crippen LogP contribution in [0.25, 0.3) is 0 Å². The highest BCUT2D eigenvalue weighted by atomic mass is 16.5. The summed E-state index contributed by atoms with van der Waals surface area (Å²) in [5.41, 5.74) is 1.23. The van der Waals surface area contributed by atoms with Crippen molar-refractivity contribution in [1.29, 1.82) is 0 Å². The molecule has 0 aromatic heterocycles. The molecule has 134 valence electrons. The van der Waals surface area contributed by atoms with E-state index in [9.17, 15) is 10.0 Å². The number of benzene rings is 2. The van der Waals surface area contributed by atoms with Crippen LogP contribution < -0.4 is 9.47 Å². The van der Waals surface area contributed by atoms with Crippen molar-refractivity contribution in [1.82, 2.24) is 5.06 Å². The molecule has 5 heteroatoms. The number of carbonyl (C=O) groups is 1. The van der Waals surface area contributed by atoms with Crippen LogP contribution in [0.1, 0.15) is 42.2 Å². The van der Waals surface area contributed by atoms with Crippen LogP contribution in [0, 0.1) is 0 Å². The van der Waals surface area contributed by atoms with Gasteiger partial charge in [-0.25, -0.2) is 0 Å². The van der Waals surface area contributed by atoms with Gasteiger partial charge in [0.1, 0.15) is 17.5 Å². The molecule has 0 aliphatic carbocycles. The van der Waals surface area contributed by atoms with Gasteiger partial charge in [-0.05, 0) is 55.3 Å². The monoisotopic (exact) mass is 343 g/mol. The second kappa shape index (κ2) is 8.65. The molecule has 2 unspecified atom stereocenters. The summed E-state index contributed by atoms with van der Waals surface area (Å²) in [6, 6.07) is 13.1. The maximum Gasteiger partial charge on any atom is 0.186 e. The molecule has 2 aromatic rings. The van der Waals surface area contributed by atoms with Crippen molar-refractivity contribution in [3.63, 3.8) is 0 Å². The molecular formula is C20H25NO4. The zero-order valence-corrected chi connectivity index (χ0v) is 15.1. The van der Waals surface area contributed by atoms with E-state index >= 15 is 0 Å². The Labute approximate surface area is 148 Å². The van der Waals surface area contributed by atoms with E-state index in [1.165, 1.54) is 0 Å². The number of methoxy groups -OCH3 is 2. The molecule has 2 rings (SSSR count). The minimum atomic E-state index is -0.783. The van der Waals surface area contributed by atoms with E-state index in [-0.39, 0.29) is 11.8 Å². The lowest BCUT2D eigenvalue weighted by molar-refractivity contribution is -0.145. The van der Waals surface area contributed by atoms with Crippen molar-refractivity contribution in [3.05, 3.63) is 59.7 Å². The Hall–Kier alpha value is -2.37. The second-order valence-electron chi connectivity index (χ2n) is 5.91. The fourth-order valence-electron chi connectivity index (χ4n) is 2.57. The van der Waals surface area contributed by atoms with Crippen LogP contribution in [0.15, 0.2) is 48.5 Å². The largest absolute Gasteiger partial charge is 0.497 e. The van der Waals surface area contributed by atoms with Crippen LogP contribution in [-0.2, 0) is 0 Å². The van der Waals surface area contributed by atoms with Crippen molar-refractivity contribution < 1.29 is 19.5 Å². The van der Waals surface area contributed by atoms with Crippen molar-refractivity contribution in [2.24, 2.45) is 0 Å². The summed E-state index contributed by atoms with van der Waals surface area (Å²) in [5.74, 6) is 1.21. The molecular weight excluding hydrogens is 318 g/mol. The van der Waals surface area contributed by atoms with E-state index in [2.05, 4.69) is 0 Å². The van der Waals surface area contributed by atoms with Crippen molar-refractivity contribution in [3.8, 4) is 11.5 Å². The zero-order valence-electron chi connectivity index (χ0n) is 15.1. The van der Waals surface area contributed by atoms with Gasteiger partial charge < -0.3 is 14.7 Å². The minimum absolute atomic E-state index is 0.158. The molecule has 25 heavy (non-hydrogen) atoms. The summed E-state index contributed by atoms with van der Waals surface area (Å²) in [6.45, 7) is 3.86. The van der Waals surface area contributed by atoms with E-state index in [1.54, 1.807) is 62.8 Å². The highest BCUT2D eigenvalue weighted by Crippen LogP contribution is 2.28. The lowest BCUT2D eigenvalue weighted by Crippen LogP contribution is -2.37. The number of Topliss-reactive ketones (excluding diaryl/α,β-unsaturated/α-hetero) is 1. The van der Waals surface area contributed by atoms with E-state index in [0.717, 1.165) is 11.5 Å². The molecule has 1 N–H and O–H groups in total. The van der Waals surface area contributed by atoms with E-state index < -0.39 is 6.04 Å².